The molecular weight excluding hydrogens is 384 g/mol. The molecule has 2 fully saturated rings. The van der Waals surface area contributed by atoms with Crippen LogP contribution in [0.5, 0.6) is 0 Å². The monoisotopic (exact) mass is 416 g/mol. The van der Waals surface area contributed by atoms with Crippen molar-refractivity contribution in [2.75, 3.05) is 11.9 Å². The van der Waals surface area contributed by atoms with Gasteiger partial charge in [-0.15, -0.1) is 0 Å². The Hall–Kier alpha value is -2.35. The van der Waals surface area contributed by atoms with E-state index in [9.17, 15) is 9.59 Å². The van der Waals surface area contributed by atoms with Gasteiger partial charge in [-0.05, 0) is 45.4 Å². The molecule has 8 nitrogen and oxygen atoms in total. The number of carbonyl (C=O) groups excluding carboxylic acids is 1. The van der Waals surface area contributed by atoms with Crippen LogP contribution < -0.4 is 10.9 Å². The maximum absolute atomic E-state index is 13.1. The topological polar surface area (TPSA) is 91.3 Å². The largest absolute Gasteiger partial charge is 0.370 e. The van der Waals surface area contributed by atoms with Gasteiger partial charge in [0.05, 0.1) is 18.3 Å². The average Bonchev–Trinajstić information content (AvgIpc) is 3.22. The van der Waals surface area contributed by atoms with Crippen LogP contribution in [-0.4, -0.2) is 27.0 Å². The first kappa shape index (κ1) is 20.9. The van der Waals surface area contributed by atoms with Crippen molar-refractivity contribution in [3.05, 3.63) is 33.1 Å². The summed E-state index contributed by atoms with van der Waals surface area (Å²) >= 11 is 0. The number of anilines is 1. The van der Waals surface area contributed by atoms with Crippen molar-refractivity contribution < 1.29 is 14.1 Å². The number of hydrogen-bond donors (Lipinski definition) is 1. The van der Waals surface area contributed by atoms with Gasteiger partial charge in [-0.2, -0.15) is 0 Å². The molecule has 1 aliphatic heterocycles. The molecule has 0 spiro atoms. The third-order valence-electron chi connectivity index (χ3n) is 6.72. The molecule has 30 heavy (non-hydrogen) atoms. The van der Waals surface area contributed by atoms with Gasteiger partial charge in [0.1, 0.15) is 11.8 Å². The summed E-state index contributed by atoms with van der Waals surface area (Å²) in [4.78, 5) is 26.1. The van der Waals surface area contributed by atoms with E-state index < -0.39 is 5.91 Å². The van der Waals surface area contributed by atoms with Gasteiger partial charge in [-0.1, -0.05) is 31.3 Å². The van der Waals surface area contributed by atoms with Crippen LogP contribution in [-0.2, 0) is 11.8 Å². The third-order valence-corrected chi connectivity index (χ3v) is 6.72. The molecule has 1 saturated heterocycles. The second-order valence-electron chi connectivity index (χ2n) is 8.90. The van der Waals surface area contributed by atoms with Crippen LogP contribution >= 0.6 is 0 Å². The molecule has 8 heteroatoms. The summed E-state index contributed by atoms with van der Waals surface area (Å²) in [6.07, 6.45) is 7.20. The normalized spacial score (nSPS) is 22.9. The van der Waals surface area contributed by atoms with Crippen LogP contribution in [0.3, 0.4) is 0 Å². The van der Waals surface area contributed by atoms with Gasteiger partial charge in [0.15, 0.2) is 11.5 Å². The Bertz CT molecular complexity index is 972. The second-order valence-corrected chi connectivity index (χ2v) is 8.90. The summed E-state index contributed by atoms with van der Waals surface area (Å²) in [5.74, 6) is 0.712. The number of ether oxygens (including phenoxy) is 1. The summed E-state index contributed by atoms with van der Waals surface area (Å²) < 4.78 is 15.0. The van der Waals surface area contributed by atoms with Gasteiger partial charge in [0, 0.05) is 12.6 Å². The lowest BCUT2D eigenvalue weighted by molar-refractivity contribution is -0.0266. The highest BCUT2D eigenvalue weighted by Gasteiger charge is 2.30. The van der Waals surface area contributed by atoms with E-state index in [-0.39, 0.29) is 23.4 Å². The van der Waals surface area contributed by atoms with Gasteiger partial charge in [0.25, 0.3) is 11.5 Å². The number of aromatic nitrogens is 3. The van der Waals surface area contributed by atoms with Crippen LogP contribution in [0.2, 0.25) is 0 Å². The van der Waals surface area contributed by atoms with E-state index in [2.05, 4.69) is 17.4 Å². The van der Waals surface area contributed by atoms with Crippen molar-refractivity contribution in [1.82, 2.24) is 14.5 Å². The fourth-order valence-electron chi connectivity index (χ4n) is 4.73. The minimum absolute atomic E-state index is 0.152. The summed E-state index contributed by atoms with van der Waals surface area (Å²) in [5.41, 5.74) is 1.79. The summed E-state index contributed by atoms with van der Waals surface area (Å²) in [7, 11) is 1.88. The zero-order valence-electron chi connectivity index (χ0n) is 18.4. The predicted molar refractivity (Wildman–Crippen MR) is 113 cm³/mol. The molecule has 0 aromatic carbocycles. The Balaban J connectivity index is 1.55. The van der Waals surface area contributed by atoms with Crippen molar-refractivity contribution in [2.45, 2.75) is 77.9 Å². The lowest BCUT2D eigenvalue weighted by Crippen LogP contribution is -2.29. The van der Waals surface area contributed by atoms with Crippen LogP contribution in [0.25, 0.3) is 0 Å². The first-order valence-electron chi connectivity index (χ1n) is 11.1. The highest BCUT2D eigenvalue weighted by Crippen LogP contribution is 2.33. The molecule has 0 radical (unpaired) electrons. The molecule has 0 unspecified atom stereocenters. The fourth-order valence-corrected chi connectivity index (χ4v) is 4.73. The van der Waals surface area contributed by atoms with E-state index in [1.165, 1.54) is 6.42 Å². The van der Waals surface area contributed by atoms with Gasteiger partial charge < -0.3 is 14.6 Å². The molecule has 0 bridgehead atoms. The number of amides is 1. The molecule has 1 N–H and O–H groups in total. The number of rotatable bonds is 4. The zero-order chi connectivity index (χ0) is 21.4. The van der Waals surface area contributed by atoms with Gasteiger partial charge in [-0.3, -0.25) is 14.3 Å². The Morgan fingerprint density at radius 3 is 2.53 bits per heavy atom. The molecule has 164 valence electrons. The molecule has 1 aliphatic carbocycles. The molecule has 4 rings (SSSR count). The summed E-state index contributed by atoms with van der Waals surface area (Å²) in [6, 6.07) is 0.187. The predicted octanol–water partition coefficient (Wildman–Crippen LogP) is 4.04. The van der Waals surface area contributed by atoms with E-state index in [1.54, 1.807) is 4.68 Å². The number of nitrogens with one attached hydrogen (secondary N) is 1. The van der Waals surface area contributed by atoms with E-state index in [1.807, 2.05) is 25.6 Å². The lowest BCUT2D eigenvalue weighted by Gasteiger charge is -2.25. The van der Waals surface area contributed by atoms with Gasteiger partial charge in [0.2, 0.25) is 0 Å². The summed E-state index contributed by atoms with van der Waals surface area (Å²) in [6.45, 7) is 6.51. The SMILES string of the molecule is Cc1c(C(=O)Nc2c(C)n(C)n(C3CCCCC3)c2=O)noc1[C@H]1CC[C@H](C)CO1. The molecule has 2 aliphatic rings. The smallest absolute Gasteiger partial charge is 0.291 e. The van der Waals surface area contributed by atoms with Crippen LogP contribution in [0.1, 0.15) is 91.5 Å². The zero-order valence-corrected chi connectivity index (χ0v) is 18.4. The highest BCUT2D eigenvalue weighted by molar-refractivity contribution is 6.04. The first-order valence-corrected chi connectivity index (χ1v) is 11.1. The number of carbonyl (C=O) groups is 1. The number of hydrogen-bond acceptors (Lipinski definition) is 5. The summed E-state index contributed by atoms with van der Waals surface area (Å²) in [5, 5.41) is 6.80. The first-order chi connectivity index (χ1) is 14.4. The maximum Gasteiger partial charge on any atom is 0.291 e. The minimum Gasteiger partial charge on any atom is -0.370 e. The van der Waals surface area contributed by atoms with E-state index >= 15 is 0 Å². The molecule has 2 aromatic rings. The Morgan fingerprint density at radius 2 is 1.87 bits per heavy atom. The molecule has 2 atom stereocenters. The molecule has 2 aromatic heterocycles. The van der Waals surface area contributed by atoms with Crippen molar-refractivity contribution in [2.24, 2.45) is 13.0 Å². The standard InChI is InChI=1S/C22H32N4O4/c1-13-10-11-17(29-12-13)20-14(2)18(24-30-20)21(27)23-19-15(3)25(4)26(22(19)28)16-8-6-5-7-9-16/h13,16-17H,5-12H2,1-4H3,(H,23,27)/t13-,17+/m0/s1. The van der Waals surface area contributed by atoms with Crippen LogP contribution in [0.4, 0.5) is 5.69 Å². The lowest BCUT2D eigenvalue weighted by atomic mass is 9.96. The van der Waals surface area contributed by atoms with Crippen molar-refractivity contribution in [3.63, 3.8) is 0 Å². The second kappa shape index (κ2) is 8.41. The maximum atomic E-state index is 13.1. The van der Waals surface area contributed by atoms with E-state index in [0.29, 0.717) is 29.5 Å². The molecule has 1 saturated carbocycles. The van der Waals surface area contributed by atoms with E-state index in [0.717, 1.165) is 44.2 Å². The van der Waals surface area contributed by atoms with Gasteiger partial charge in [-0.25, -0.2) is 4.68 Å². The Kier molecular flexibility index (Phi) is 5.86. The van der Waals surface area contributed by atoms with Crippen LogP contribution in [0.15, 0.2) is 9.32 Å². The van der Waals surface area contributed by atoms with Crippen LogP contribution in [0, 0.1) is 19.8 Å². The molecular formula is C22H32N4O4. The molecule has 1 amide bonds. The Labute approximate surface area is 176 Å². The van der Waals surface area contributed by atoms with Crippen molar-refractivity contribution in [3.8, 4) is 0 Å². The molecule has 3 heterocycles. The average molecular weight is 417 g/mol. The number of nitrogens with zero attached hydrogens (tertiary/aromatic N) is 3. The van der Waals surface area contributed by atoms with E-state index in [4.69, 9.17) is 9.26 Å². The van der Waals surface area contributed by atoms with Crippen molar-refractivity contribution in [1.29, 1.82) is 0 Å². The van der Waals surface area contributed by atoms with Gasteiger partial charge >= 0.3 is 0 Å². The quantitative estimate of drug-likeness (QED) is 0.812. The minimum atomic E-state index is -0.423. The fraction of sp³-hybridized carbons (Fsp3) is 0.682. The van der Waals surface area contributed by atoms with Crippen molar-refractivity contribution >= 4 is 11.6 Å². The third kappa shape index (κ3) is 3.73. The Morgan fingerprint density at radius 1 is 1.13 bits per heavy atom. The highest BCUT2D eigenvalue weighted by atomic mass is 16.5.